The van der Waals surface area contributed by atoms with Crippen molar-refractivity contribution in [2.24, 2.45) is 0 Å². The molecule has 116 valence electrons. The maximum Gasteiger partial charge on any atom is 0.323 e. The van der Waals surface area contributed by atoms with Crippen molar-refractivity contribution >= 4 is 13.5 Å². The molecular weight excluding hydrogens is 277 g/mol. The molecule has 2 atom stereocenters. The lowest BCUT2D eigenvalue weighted by molar-refractivity contribution is -0.149. The average molecular weight is 303 g/mol. The smallest absolute Gasteiger partial charge is 0.323 e. The molecule has 0 aliphatic heterocycles. The quantitative estimate of drug-likeness (QED) is 0.321. The molecule has 0 saturated heterocycles. The Hall–Kier alpha value is -1.06. The van der Waals surface area contributed by atoms with E-state index in [1.807, 2.05) is 26.0 Å². The summed E-state index contributed by atoms with van der Waals surface area (Å²) in [7, 11) is -3.11. The van der Waals surface area contributed by atoms with Crippen LogP contribution in [0.1, 0.15) is 41.0 Å². The van der Waals surface area contributed by atoms with Crippen LogP contribution < -0.4 is 5.09 Å². The first-order chi connectivity index (χ1) is 9.21. The van der Waals surface area contributed by atoms with Crippen LogP contribution in [0.2, 0.25) is 0 Å². The van der Waals surface area contributed by atoms with Crippen molar-refractivity contribution < 1.29 is 18.6 Å². The number of rotatable bonds is 8. The molecule has 0 fully saturated rings. The van der Waals surface area contributed by atoms with Crippen molar-refractivity contribution in [3.8, 4) is 0 Å². The summed E-state index contributed by atoms with van der Waals surface area (Å²) < 4.78 is 22.9. The third-order valence-corrected chi connectivity index (χ3v) is 3.69. The first-order valence-electron chi connectivity index (χ1n) is 6.79. The molecule has 0 radical (unpaired) electrons. The van der Waals surface area contributed by atoms with Gasteiger partial charge in [0, 0.05) is 13.1 Å². The second kappa shape index (κ2) is 8.98. The zero-order valence-corrected chi connectivity index (χ0v) is 14.1. The monoisotopic (exact) mass is 303 g/mol. The lowest BCUT2D eigenvalue weighted by atomic mass is 10.3. The van der Waals surface area contributed by atoms with Crippen LogP contribution in [0, 0.1) is 0 Å². The average Bonchev–Trinajstić information content (AvgIpc) is 2.32. The summed E-state index contributed by atoms with van der Waals surface area (Å²) in [6.07, 6.45) is 5.85. The predicted molar refractivity (Wildman–Crippen MR) is 81.6 cm³/mol. The van der Waals surface area contributed by atoms with Gasteiger partial charge in [0.15, 0.2) is 0 Å². The zero-order chi connectivity index (χ0) is 15.8. The summed E-state index contributed by atoms with van der Waals surface area (Å²) >= 11 is 0. The van der Waals surface area contributed by atoms with Crippen LogP contribution >= 0.6 is 7.52 Å². The maximum absolute atomic E-state index is 12.3. The summed E-state index contributed by atoms with van der Waals surface area (Å²) in [6.45, 7) is 10.4. The maximum atomic E-state index is 12.3. The van der Waals surface area contributed by atoms with Gasteiger partial charge in [-0.25, -0.2) is 5.09 Å². The molecule has 1 N–H and O–H groups in total. The van der Waals surface area contributed by atoms with Gasteiger partial charge in [0.1, 0.15) is 11.8 Å². The van der Waals surface area contributed by atoms with Crippen LogP contribution in [0.5, 0.6) is 0 Å². The van der Waals surface area contributed by atoms with E-state index in [2.05, 4.69) is 5.09 Å². The third kappa shape index (κ3) is 8.18. The van der Waals surface area contributed by atoms with Gasteiger partial charge in [-0.2, -0.15) is 0 Å². The van der Waals surface area contributed by atoms with Gasteiger partial charge in [0.2, 0.25) is 0 Å². The zero-order valence-electron chi connectivity index (χ0n) is 13.2. The van der Waals surface area contributed by atoms with Crippen molar-refractivity contribution in [2.45, 2.75) is 53.2 Å². The fourth-order valence-electron chi connectivity index (χ4n) is 1.41. The largest absolute Gasteiger partial charge is 0.462 e. The molecule has 6 heteroatoms. The molecule has 20 heavy (non-hydrogen) atoms. The van der Waals surface area contributed by atoms with Gasteiger partial charge >= 0.3 is 13.5 Å². The Morgan fingerprint density at radius 1 is 1.35 bits per heavy atom. The topological polar surface area (TPSA) is 64.6 Å². The number of carbonyl (C=O) groups is 1. The van der Waals surface area contributed by atoms with E-state index in [4.69, 9.17) is 9.26 Å². The Bertz CT molecular complexity index is 415. The molecule has 0 bridgehead atoms. The van der Waals surface area contributed by atoms with Crippen LogP contribution in [0.3, 0.4) is 0 Å². The highest BCUT2D eigenvalue weighted by molar-refractivity contribution is 7.56. The molecule has 0 heterocycles. The highest BCUT2D eigenvalue weighted by Crippen LogP contribution is 2.41. The number of carbonyl (C=O) groups excluding carboxylic acids is 1. The Balaban J connectivity index is 4.65. The fourth-order valence-corrected chi connectivity index (χ4v) is 2.90. The van der Waals surface area contributed by atoms with Crippen LogP contribution in [0.4, 0.5) is 0 Å². The van der Waals surface area contributed by atoms with Crippen molar-refractivity contribution in [1.29, 1.82) is 0 Å². The molecule has 0 amide bonds. The molecule has 0 rings (SSSR count). The molecule has 0 aliphatic rings. The Labute approximate surface area is 121 Å². The molecule has 0 aliphatic carbocycles. The minimum Gasteiger partial charge on any atom is -0.462 e. The van der Waals surface area contributed by atoms with Crippen LogP contribution in [-0.4, -0.2) is 24.8 Å². The number of nitrogens with one attached hydrogen (secondary N) is 1. The Kier molecular flexibility index (Phi) is 8.51. The Morgan fingerprint density at radius 2 is 1.95 bits per heavy atom. The van der Waals surface area contributed by atoms with Crippen LogP contribution in [0.15, 0.2) is 24.0 Å². The van der Waals surface area contributed by atoms with E-state index in [0.29, 0.717) is 12.2 Å². The van der Waals surface area contributed by atoms with Gasteiger partial charge in [0.05, 0.1) is 6.10 Å². The van der Waals surface area contributed by atoms with E-state index < -0.39 is 19.5 Å². The molecule has 0 aromatic carbocycles. The molecular formula is C14H26NO4P. The fraction of sp³-hybridized carbons (Fsp3) is 0.643. The van der Waals surface area contributed by atoms with Gasteiger partial charge in [-0.1, -0.05) is 19.1 Å². The molecule has 0 aromatic heterocycles. The number of hydrogen-bond donors (Lipinski definition) is 1. The van der Waals surface area contributed by atoms with E-state index in [1.165, 1.54) is 6.66 Å². The minimum atomic E-state index is -3.11. The predicted octanol–water partition coefficient (Wildman–Crippen LogP) is 3.63. The summed E-state index contributed by atoms with van der Waals surface area (Å²) in [4.78, 5) is 11.7. The SMILES string of the molecule is CC=CC=C(CC)OP(C)(=O)NC(C)C(=O)OC(C)C. The van der Waals surface area contributed by atoms with Crippen molar-refractivity contribution in [3.05, 3.63) is 24.0 Å². The highest BCUT2D eigenvalue weighted by atomic mass is 31.2. The van der Waals surface area contributed by atoms with Gasteiger partial charge in [0.25, 0.3) is 0 Å². The Morgan fingerprint density at radius 3 is 2.40 bits per heavy atom. The van der Waals surface area contributed by atoms with Crippen molar-refractivity contribution in [3.63, 3.8) is 0 Å². The number of allylic oxidation sites excluding steroid dienone is 4. The highest BCUT2D eigenvalue weighted by Gasteiger charge is 2.26. The van der Waals surface area contributed by atoms with E-state index >= 15 is 0 Å². The second-order valence-electron chi connectivity index (χ2n) is 4.79. The molecule has 0 aromatic rings. The summed E-state index contributed by atoms with van der Waals surface area (Å²) in [5, 5.41) is 2.70. The number of esters is 1. The molecule has 0 spiro atoms. The van der Waals surface area contributed by atoms with Gasteiger partial charge < -0.3 is 9.26 Å². The number of ether oxygens (including phenoxy) is 1. The van der Waals surface area contributed by atoms with Gasteiger partial charge in [-0.3, -0.25) is 9.36 Å². The normalized spacial score (nSPS) is 17.1. The molecule has 2 unspecified atom stereocenters. The van der Waals surface area contributed by atoms with Crippen molar-refractivity contribution in [1.82, 2.24) is 5.09 Å². The lowest BCUT2D eigenvalue weighted by Crippen LogP contribution is -2.34. The van der Waals surface area contributed by atoms with Gasteiger partial charge in [-0.15, -0.1) is 0 Å². The van der Waals surface area contributed by atoms with Crippen LogP contribution in [0.25, 0.3) is 0 Å². The lowest BCUT2D eigenvalue weighted by Gasteiger charge is -2.22. The molecule has 5 nitrogen and oxygen atoms in total. The summed E-state index contributed by atoms with van der Waals surface area (Å²) in [6, 6.07) is -0.687. The minimum absolute atomic E-state index is 0.204. The number of hydrogen-bond acceptors (Lipinski definition) is 4. The third-order valence-electron chi connectivity index (χ3n) is 2.25. The first-order valence-corrected chi connectivity index (χ1v) is 8.86. The van der Waals surface area contributed by atoms with E-state index in [-0.39, 0.29) is 6.10 Å². The van der Waals surface area contributed by atoms with E-state index in [9.17, 15) is 9.36 Å². The second-order valence-corrected chi connectivity index (χ2v) is 6.92. The van der Waals surface area contributed by atoms with Crippen molar-refractivity contribution in [2.75, 3.05) is 6.66 Å². The standard InChI is InChI=1S/C14H26NO4P/c1-7-9-10-13(8-2)19-20(6,17)15-12(5)14(16)18-11(3)4/h7,9-12H,8H2,1-6H3,(H,15,17). The summed E-state index contributed by atoms with van der Waals surface area (Å²) in [5.41, 5.74) is 0. The van der Waals surface area contributed by atoms with E-state index in [1.54, 1.807) is 26.8 Å². The van der Waals surface area contributed by atoms with Crippen LogP contribution in [-0.2, 0) is 18.6 Å². The molecule has 0 saturated carbocycles. The first kappa shape index (κ1) is 18.9. The van der Waals surface area contributed by atoms with Gasteiger partial charge in [-0.05, 0) is 33.8 Å². The summed E-state index contributed by atoms with van der Waals surface area (Å²) in [5.74, 6) is 0.159. The van der Waals surface area contributed by atoms with E-state index in [0.717, 1.165) is 0 Å².